The van der Waals surface area contributed by atoms with E-state index in [0.29, 0.717) is 5.41 Å². The molecule has 2 aliphatic rings. The highest BCUT2D eigenvalue weighted by Crippen LogP contribution is 2.44. The van der Waals surface area contributed by atoms with Gasteiger partial charge in [0, 0.05) is 40.0 Å². The van der Waals surface area contributed by atoms with Crippen molar-refractivity contribution in [2.75, 3.05) is 40.0 Å². The van der Waals surface area contributed by atoms with Gasteiger partial charge >= 0.3 is 0 Å². The molecule has 1 atom stereocenters. The second kappa shape index (κ2) is 8.16. The topological polar surface area (TPSA) is 54.9 Å². The van der Waals surface area contributed by atoms with Crippen LogP contribution in [0.4, 0.5) is 0 Å². The first-order chi connectivity index (χ1) is 10.6. The zero-order chi connectivity index (χ0) is 15.9. The average molecular weight is 311 g/mol. The number of hydrogen-bond donors (Lipinski definition) is 2. The second-order valence-corrected chi connectivity index (χ2v) is 7.05. The van der Waals surface area contributed by atoms with Crippen molar-refractivity contribution < 1.29 is 9.47 Å². The van der Waals surface area contributed by atoms with Gasteiger partial charge in [0.25, 0.3) is 0 Å². The Morgan fingerprint density at radius 3 is 2.59 bits per heavy atom. The van der Waals surface area contributed by atoms with E-state index in [-0.39, 0.29) is 5.60 Å². The van der Waals surface area contributed by atoms with Crippen LogP contribution in [0.2, 0.25) is 0 Å². The fourth-order valence-corrected chi connectivity index (χ4v) is 3.32. The van der Waals surface area contributed by atoms with Gasteiger partial charge in [-0.1, -0.05) is 6.42 Å². The van der Waals surface area contributed by atoms with Gasteiger partial charge in [-0.3, -0.25) is 4.99 Å². The maximum absolute atomic E-state index is 5.84. The van der Waals surface area contributed by atoms with Crippen molar-refractivity contribution in [2.24, 2.45) is 10.4 Å². The maximum Gasteiger partial charge on any atom is 0.191 e. The van der Waals surface area contributed by atoms with Gasteiger partial charge in [0.2, 0.25) is 0 Å². The van der Waals surface area contributed by atoms with Crippen LogP contribution in [0.5, 0.6) is 0 Å². The van der Waals surface area contributed by atoms with E-state index >= 15 is 0 Å². The number of nitrogens with zero attached hydrogens (tertiary/aromatic N) is 1. The smallest absolute Gasteiger partial charge is 0.191 e. The van der Waals surface area contributed by atoms with E-state index in [4.69, 9.17) is 14.5 Å². The Labute approximate surface area is 135 Å². The van der Waals surface area contributed by atoms with Crippen molar-refractivity contribution in [1.82, 2.24) is 10.6 Å². The SMILES string of the molecule is CCNC(=NCC1(CCOC)CCC1)NCC1(C)CCCO1. The molecule has 1 unspecified atom stereocenters. The van der Waals surface area contributed by atoms with Gasteiger partial charge < -0.3 is 20.1 Å². The van der Waals surface area contributed by atoms with Crippen LogP contribution in [0.25, 0.3) is 0 Å². The largest absolute Gasteiger partial charge is 0.385 e. The Morgan fingerprint density at radius 2 is 2.05 bits per heavy atom. The summed E-state index contributed by atoms with van der Waals surface area (Å²) < 4.78 is 11.1. The summed E-state index contributed by atoms with van der Waals surface area (Å²) in [4.78, 5) is 4.84. The van der Waals surface area contributed by atoms with Gasteiger partial charge in [-0.25, -0.2) is 0 Å². The summed E-state index contributed by atoms with van der Waals surface area (Å²) in [7, 11) is 1.78. The zero-order valence-electron chi connectivity index (χ0n) is 14.5. The molecule has 0 aromatic rings. The summed E-state index contributed by atoms with van der Waals surface area (Å²) in [6, 6.07) is 0. The molecule has 0 amide bonds. The van der Waals surface area contributed by atoms with Crippen LogP contribution in [0.1, 0.15) is 52.4 Å². The molecule has 1 aliphatic heterocycles. The highest BCUT2D eigenvalue weighted by molar-refractivity contribution is 5.79. The van der Waals surface area contributed by atoms with E-state index in [1.54, 1.807) is 7.11 Å². The summed E-state index contributed by atoms with van der Waals surface area (Å²) >= 11 is 0. The molecule has 5 heteroatoms. The molecule has 1 saturated heterocycles. The Kier molecular flexibility index (Phi) is 6.50. The fraction of sp³-hybridized carbons (Fsp3) is 0.941. The summed E-state index contributed by atoms with van der Waals surface area (Å²) in [6.45, 7) is 8.61. The molecule has 0 radical (unpaired) electrons. The van der Waals surface area contributed by atoms with Gasteiger partial charge in [0.05, 0.1) is 5.60 Å². The van der Waals surface area contributed by atoms with E-state index in [1.165, 1.54) is 19.3 Å². The quantitative estimate of drug-likeness (QED) is 0.533. The van der Waals surface area contributed by atoms with Gasteiger partial charge in [-0.15, -0.1) is 0 Å². The molecular formula is C17H33N3O2. The molecule has 0 aromatic heterocycles. The standard InChI is InChI=1S/C17H33N3O2/c1-4-18-15(19-13-16(2)7-6-11-22-16)20-14-17(8-5-9-17)10-12-21-3/h4-14H2,1-3H3,(H2,18,19,20). The molecule has 5 nitrogen and oxygen atoms in total. The molecule has 0 bridgehead atoms. The number of rotatable bonds is 8. The summed E-state index contributed by atoms with van der Waals surface area (Å²) in [5.74, 6) is 0.919. The third-order valence-corrected chi connectivity index (χ3v) is 5.10. The highest BCUT2D eigenvalue weighted by Gasteiger charge is 2.36. The van der Waals surface area contributed by atoms with Crippen LogP contribution >= 0.6 is 0 Å². The third kappa shape index (κ3) is 4.85. The first-order valence-electron chi connectivity index (χ1n) is 8.77. The Balaban J connectivity index is 1.85. The number of nitrogens with one attached hydrogen (secondary N) is 2. The minimum atomic E-state index is -0.0413. The van der Waals surface area contributed by atoms with E-state index in [0.717, 1.165) is 58.1 Å². The van der Waals surface area contributed by atoms with Crippen LogP contribution in [0.15, 0.2) is 4.99 Å². The molecule has 1 saturated carbocycles. The van der Waals surface area contributed by atoms with Crippen molar-refractivity contribution in [3.05, 3.63) is 0 Å². The predicted molar refractivity (Wildman–Crippen MR) is 90.3 cm³/mol. The maximum atomic E-state index is 5.84. The number of guanidine groups is 1. The molecule has 2 N–H and O–H groups in total. The first-order valence-corrected chi connectivity index (χ1v) is 8.77. The zero-order valence-corrected chi connectivity index (χ0v) is 14.5. The lowest BCUT2D eigenvalue weighted by atomic mass is 9.67. The number of hydrogen-bond acceptors (Lipinski definition) is 3. The van der Waals surface area contributed by atoms with E-state index < -0.39 is 0 Å². The van der Waals surface area contributed by atoms with E-state index in [1.807, 2.05) is 0 Å². The second-order valence-electron chi connectivity index (χ2n) is 7.05. The highest BCUT2D eigenvalue weighted by atomic mass is 16.5. The molecular weight excluding hydrogens is 278 g/mol. The summed E-state index contributed by atoms with van der Waals surface area (Å²) in [5.41, 5.74) is 0.326. The van der Waals surface area contributed by atoms with Gasteiger partial charge in [-0.05, 0) is 51.4 Å². The van der Waals surface area contributed by atoms with E-state index in [2.05, 4.69) is 24.5 Å². The monoisotopic (exact) mass is 311 g/mol. The number of methoxy groups -OCH3 is 1. The molecule has 0 spiro atoms. The first kappa shape index (κ1) is 17.5. The molecule has 128 valence electrons. The summed E-state index contributed by atoms with van der Waals surface area (Å²) in [6.07, 6.45) is 7.28. The molecule has 2 fully saturated rings. The normalized spacial score (nSPS) is 27.5. The van der Waals surface area contributed by atoms with Crippen LogP contribution in [0, 0.1) is 5.41 Å². The lowest BCUT2D eigenvalue weighted by Gasteiger charge is -2.41. The van der Waals surface area contributed by atoms with Crippen LogP contribution in [0.3, 0.4) is 0 Å². The Bertz CT molecular complexity index is 361. The number of aliphatic imine (C=N–C) groups is 1. The van der Waals surface area contributed by atoms with Crippen LogP contribution < -0.4 is 10.6 Å². The molecule has 1 aliphatic carbocycles. The van der Waals surface area contributed by atoms with E-state index in [9.17, 15) is 0 Å². The number of ether oxygens (including phenoxy) is 2. The van der Waals surface area contributed by atoms with Crippen LogP contribution in [-0.4, -0.2) is 51.5 Å². The lowest BCUT2D eigenvalue weighted by Crippen LogP contribution is -2.46. The predicted octanol–water partition coefficient (Wildman–Crippen LogP) is 2.32. The van der Waals surface area contributed by atoms with Crippen molar-refractivity contribution in [3.63, 3.8) is 0 Å². The summed E-state index contributed by atoms with van der Waals surface area (Å²) in [5, 5.41) is 6.82. The minimum absolute atomic E-state index is 0.0413. The fourth-order valence-electron chi connectivity index (χ4n) is 3.32. The lowest BCUT2D eigenvalue weighted by molar-refractivity contribution is 0.0242. The Morgan fingerprint density at radius 1 is 1.23 bits per heavy atom. The average Bonchev–Trinajstić information content (AvgIpc) is 2.90. The molecule has 0 aromatic carbocycles. The molecule has 22 heavy (non-hydrogen) atoms. The van der Waals surface area contributed by atoms with Gasteiger partial charge in [0.15, 0.2) is 5.96 Å². The molecule has 1 heterocycles. The van der Waals surface area contributed by atoms with Crippen molar-refractivity contribution >= 4 is 5.96 Å². The van der Waals surface area contributed by atoms with Crippen LogP contribution in [-0.2, 0) is 9.47 Å². The van der Waals surface area contributed by atoms with Gasteiger partial charge in [0.1, 0.15) is 0 Å². The third-order valence-electron chi connectivity index (χ3n) is 5.10. The van der Waals surface area contributed by atoms with Crippen molar-refractivity contribution in [2.45, 2.75) is 58.0 Å². The Hall–Kier alpha value is -0.810. The van der Waals surface area contributed by atoms with Gasteiger partial charge in [-0.2, -0.15) is 0 Å². The van der Waals surface area contributed by atoms with Crippen molar-refractivity contribution in [3.8, 4) is 0 Å². The molecule has 2 rings (SSSR count). The minimum Gasteiger partial charge on any atom is -0.385 e. The van der Waals surface area contributed by atoms with Crippen molar-refractivity contribution in [1.29, 1.82) is 0 Å².